The van der Waals surface area contributed by atoms with Crippen LogP contribution in [0.4, 0.5) is 0 Å². The summed E-state index contributed by atoms with van der Waals surface area (Å²) in [5, 5.41) is 4.93. The van der Waals surface area contributed by atoms with Crippen LogP contribution in [0.3, 0.4) is 0 Å². The van der Waals surface area contributed by atoms with Crippen LogP contribution in [-0.2, 0) is 13.0 Å². The minimum Gasteiger partial charge on any atom is -0.488 e. The predicted octanol–water partition coefficient (Wildman–Crippen LogP) is 4.09. The normalized spacial score (nSPS) is 16.8. The second-order valence-electron chi connectivity index (χ2n) is 4.96. The van der Waals surface area contributed by atoms with E-state index in [9.17, 15) is 0 Å². The van der Waals surface area contributed by atoms with Crippen LogP contribution >= 0.6 is 23.2 Å². The molecule has 1 N–H and O–H groups in total. The van der Waals surface area contributed by atoms with Gasteiger partial charge in [0.25, 0.3) is 0 Å². The molecule has 0 saturated heterocycles. The lowest BCUT2D eigenvalue weighted by Gasteiger charge is -2.12. The average Bonchev–Trinajstić information content (AvgIpc) is 2.80. The third kappa shape index (κ3) is 3.26. The molecule has 4 heteroatoms. The molecule has 0 amide bonds. The molecule has 0 fully saturated rings. The van der Waals surface area contributed by atoms with E-state index in [0.29, 0.717) is 0 Å². The van der Waals surface area contributed by atoms with Crippen LogP contribution in [0.5, 0.6) is 5.75 Å². The second kappa shape index (κ2) is 6.04. The highest BCUT2D eigenvalue weighted by Gasteiger charge is 2.22. The third-order valence-electron chi connectivity index (χ3n) is 3.35. The van der Waals surface area contributed by atoms with Gasteiger partial charge in [0.2, 0.25) is 0 Å². The van der Waals surface area contributed by atoms with Gasteiger partial charge in [0.15, 0.2) is 0 Å². The number of nitrogens with one attached hydrogen (secondary N) is 1. The van der Waals surface area contributed by atoms with E-state index in [0.717, 1.165) is 35.3 Å². The number of rotatable bonds is 4. The fraction of sp³-hybridized carbons (Fsp3) is 0.250. The summed E-state index contributed by atoms with van der Waals surface area (Å²) in [7, 11) is 0. The largest absolute Gasteiger partial charge is 0.488 e. The van der Waals surface area contributed by atoms with Gasteiger partial charge in [-0.1, -0.05) is 35.3 Å². The van der Waals surface area contributed by atoms with E-state index in [4.69, 9.17) is 27.9 Å². The van der Waals surface area contributed by atoms with Crippen molar-refractivity contribution in [3.05, 3.63) is 63.6 Å². The first-order valence-electron chi connectivity index (χ1n) is 6.61. The van der Waals surface area contributed by atoms with Crippen molar-refractivity contribution in [2.75, 3.05) is 6.54 Å². The maximum Gasteiger partial charge on any atom is 0.123 e. The summed E-state index contributed by atoms with van der Waals surface area (Å²) in [4.78, 5) is 0. The van der Waals surface area contributed by atoms with Crippen LogP contribution in [0.25, 0.3) is 0 Å². The van der Waals surface area contributed by atoms with Gasteiger partial charge in [0.1, 0.15) is 11.9 Å². The molecule has 1 aliphatic heterocycles. The van der Waals surface area contributed by atoms with E-state index in [2.05, 4.69) is 11.4 Å². The zero-order valence-corrected chi connectivity index (χ0v) is 12.4. The van der Waals surface area contributed by atoms with Crippen LogP contribution in [0.2, 0.25) is 10.0 Å². The van der Waals surface area contributed by atoms with Gasteiger partial charge >= 0.3 is 0 Å². The lowest BCUT2D eigenvalue weighted by atomic mass is 10.1. The van der Waals surface area contributed by atoms with E-state index in [-0.39, 0.29) is 6.10 Å². The Balaban J connectivity index is 1.51. The minimum absolute atomic E-state index is 0.169. The molecule has 3 rings (SSSR count). The van der Waals surface area contributed by atoms with Crippen LogP contribution in [0.15, 0.2) is 42.5 Å². The number of hydrogen-bond acceptors (Lipinski definition) is 2. The van der Waals surface area contributed by atoms with Crippen molar-refractivity contribution >= 4 is 23.2 Å². The van der Waals surface area contributed by atoms with Gasteiger partial charge in [-0.25, -0.2) is 0 Å². The average molecular weight is 308 g/mol. The maximum absolute atomic E-state index is 5.99. The summed E-state index contributed by atoms with van der Waals surface area (Å²) < 4.78 is 5.88. The van der Waals surface area contributed by atoms with Crippen molar-refractivity contribution in [1.82, 2.24) is 5.32 Å². The first-order valence-corrected chi connectivity index (χ1v) is 7.36. The van der Waals surface area contributed by atoms with Crippen LogP contribution in [0.1, 0.15) is 11.1 Å². The standard InChI is InChI=1S/C16H15Cl2NO/c17-13-3-1-2-11(6-13)9-19-10-15-8-12-7-14(18)4-5-16(12)20-15/h1-7,15,19H,8-10H2. The first-order chi connectivity index (χ1) is 9.70. The predicted molar refractivity (Wildman–Crippen MR) is 82.7 cm³/mol. The Kier molecular flexibility index (Phi) is 4.16. The summed E-state index contributed by atoms with van der Waals surface area (Å²) in [6, 6.07) is 13.7. The molecule has 2 nitrogen and oxygen atoms in total. The lowest BCUT2D eigenvalue weighted by molar-refractivity contribution is 0.227. The van der Waals surface area contributed by atoms with E-state index in [1.807, 2.05) is 36.4 Å². The van der Waals surface area contributed by atoms with Gasteiger partial charge in [0.05, 0.1) is 0 Å². The van der Waals surface area contributed by atoms with Gasteiger partial charge < -0.3 is 10.1 Å². The number of benzene rings is 2. The fourth-order valence-electron chi connectivity index (χ4n) is 2.43. The van der Waals surface area contributed by atoms with Gasteiger partial charge in [-0.3, -0.25) is 0 Å². The maximum atomic E-state index is 5.99. The molecule has 0 aromatic heterocycles. The third-order valence-corrected chi connectivity index (χ3v) is 3.82. The van der Waals surface area contributed by atoms with Crippen molar-refractivity contribution in [1.29, 1.82) is 0 Å². The molecule has 2 aromatic rings. The van der Waals surface area contributed by atoms with Crippen LogP contribution in [-0.4, -0.2) is 12.6 Å². The topological polar surface area (TPSA) is 21.3 Å². The summed E-state index contributed by atoms with van der Waals surface area (Å²) in [5.41, 5.74) is 2.36. The van der Waals surface area contributed by atoms with Gasteiger partial charge in [-0.2, -0.15) is 0 Å². The van der Waals surface area contributed by atoms with Crippen LogP contribution in [0, 0.1) is 0 Å². The molecule has 0 spiro atoms. The van der Waals surface area contributed by atoms with E-state index in [1.165, 1.54) is 11.1 Å². The second-order valence-corrected chi connectivity index (χ2v) is 5.83. The van der Waals surface area contributed by atoms with E-state index in [1.54, 1.807) is 0 Å². The quantitative estimate of drug-likeness (QED) is 0.918. The Hall–Kier alpha value is -1.22. The number of ether oxygens (including phenoxy) is 1. The molecule has 20 heavy (non-hydrogen) atoms. The summed E-state index contributed by atoms with van der Waals surface area (Å²) in [6.07, 6.45) is 1.07. The Labute approximate surface area is 128 Å². The fourth-order valence-corrected chi connectivity index (χ4v) is 2.83. The Morgan fingerprint density at radius 3 is 2.80 bits per heavy atom. The molecular weight excluding hydrogens is 293 g/mol. The SMILES string of the molecule is Clc1cccc(CNCC2Cc3cc(Cl)ccc3O2)c1. The van der Waals surface area contributed by atoms with Gasteiger partial charge in [-0.05, 0) is 41.5 Å². The molecule has 1 aliphatic rings. The smallest absolute Gasteiger partial charge is 0.123 e. The molecular formula is C16H15Cl2NO. The molecule has 0 radical (unpaired) electrons. The highest BCUT2D eigenvalue weighted by Crippen LogP contribution is 2.30. The van der Waals surface area contributed by atoms with Crippen molar-refractivity contribution in [3.63, 3.8) is 0 Å². The molecule has 0 saturated carbocycles. The molecule has 0 aliphatic carbocycles. The molecule has 1 atom stereocenters. The zero-order valence-electron chi connectivity index (χ0n) is 10.9. The monoisotopic (exact) mass is 307 g/mol. The van der Waals surface area contributed by atoms with Gasteiger partial charge in [-0.15, -0.1) is 0 Å². The number of fused-ring (bicyclic) bond motifs is 1. The molecule has 1 heterocycles. The molecule has 1 unspecified atom stereocenters. The molecule has 2 aromatic carbocycles. The van der Waals surface area contributed by atoms with E-state index >= 15 is 0 Å². The zero-order chi connectivity index (χ0) is 13.9. The van der Waals surface area contributed by atoms with Crippen LogP contribution < -0.4 is 10.1 Å². The molecule has 0 bridgehead atoms. The Morgan fingerprint density at radius 1 is 1.10 bits per heavy atom. The van der Waals surface area contributed by atoms with Crippen molar-refractivity contribution in [2.45, 2.75) is 19.1 Å². The number of hydrogen-bond donors (Lipinski definition) is 1. The highest BCUT2D eigenvalue weighted by molar-refractivity contribution is 6.30. The number of halogens is 2. The van der Waals surface area contributed by atoms with Gasteiger partial charge in [0, 0.05) is 29.6 Å². The summed E-state index contributed by atoms with van der Waals surface area (Å²) in [5.74, 6) is 0.948. The Morgan fingerprint density at radius 2 is 1.95 bits per heavy atom. The lowest BCUT2D eigenvalue weighted by Crippen LogP contribution is -2.29. The minimum atomic E-state index is 0.169. The Bertz CT molecular complexity index is 615. The molecule has 104 valence electrons. The van der Waals surface area contributed by atoms with E-state index < -0.39 is 0 Å². The summed E-state index contributed by atoms with van der Waals surface area (Å²) in [6.45, 7) is 1.59. The first kappa shape index (κ1) is 13.7. The highest BCUT2D eigenvalue weighted by atomic mass is 35.5. The summed E-state index contributed by atoms with van der Waals surface area (Å²) >= 11 is 11.9. The van der Waals surface area contributed by atoms with Crippen molar-refractivity contribution in [2.24, 2.45) is 0 Å². The van der Waals surface area contributed by atoms with Crippen molar-refractivity contribution in [3.8, 4) is 5.75 Å². The van der Waals surface area contributed by atoms with Crippen molar-refractivity contribution < 1.29 is 4.74 Å².